The van der Waals surface area contributed by atoms with E-state index in [9.17, 15) is 18.3 Å². The Kier molecular flexibility index (Phi) is 5.81. The van der Waals surface area contributed by atoms with Gasteiger partial charge in [-0.15, -0.1) is 0 Å². The number of benzene rings is 1. The second kappa shape index (κ2) is 7.97. The van der Waals surface area contributed by atoms with Gasteiger partial charge in [0.25, 0.3) is 0 Å². The summed E-state index contributed by atoms with van der Waals surface area (Å²) in [4.78, 5) is 11.5. The van der Waals surface area contributed by atoms with Crippen LogP contribution in [-0.2, 0) is 10.0 Å². The fraction of sp³-hybridized carbons (Fsp3) is 0.450. The van der Waals surface area contributed by atoms with Crippen LogP contribution in [0.4, 0.5) is 5.69 Å². The van der Waals surface area contributed by atoms with E-state index in [0.717, 1.165) is 12.8 Å². The summed E-state index contributed by atoms with van der Waals surface area (Å²) in [5.74, 6) is -0.528. The summed E-state index contributed by atoms with van der Waals surface area (Å²) in [5, 5.41) is 12.7. The number of fused-ring (bicyclic) bond motifs is 3. The topological polar surface area (TPSA) is 95.9 Å². The lowest BCUT2D eigenvalue weighted by atomic mass is 9.95. The predicted octanol–water partition coefficient (Wildman–Crippen LogP) is 3.46. The summed E-state index contributed by atoms with van der Waals surface area (Å²) in [6.45, 7) is 6.61. The van der Waals surface area contributed by atoms with Gasteiger partial charge in [-0.05, 0) is 24.6 Å². The third-order valence-corrected chi connectivity index (χ3v) is 7.11. The van der Waals surface area contributed by atoms with Crippen molar-refractivity contribution in [1.82, 2.24) is 4.31 Å². The molecule has 28 heavy (non-hydrogen) atoms. The van der Waals surface area contributed by atoms with Crippen molar-refractivity contribution in [3.05, 3.63) is 41.7 Å². The van der Waals surface area contributed by atoms with Crippen LogP contribution in [0.25, 0.3) is 0 Å². The van der Waals surface area contributed by atoms with E-state index in [4.69, 9.17) is 4.74 Å². The Balaban J connectivity index is 2.25. The molecule has 1 aromatic carbocycles. The zero-order valence-corrected chi connectivity index (χ0v) is 17.1. The number of nitrogens with zero attached hydrogens (tertiary/aromatic N) is 1. The zero-order chi connectivity index (χ0) is 20.5. The molecule has 2 bridgehead atoms. The van der Waals surface area contributed by atoms with Gasteiger partial charge in [-0.2, -0.15) is 4.31 Å². The molecule has 0 saturated carbocycles. The predicted molar refractivity (Wildman–Crippen MR) is 107 cm³/mol. The molecule has 3 rings (SSSR count). The van der Waals surface area contributed by atoms with E-state index >= 15 is 0 Å². The SMILES string of the molecule is CCCCNc1cc(C(=O)O)cc2c1OC1=CC=CC(C1C)N(CC)S2(=O)=O. The highest BCUT2D eigenvalue weighted by molar-refractivity contribution is 7.89. The summed E-state index contributed by atoms with van der Waals surface area (Å²) in [7, 11) is -3.96. The fourth-order valence-corrected chi connectivity index (χ4v) is 5.39. The van der Waals surface area contributed by atoms with Gasteiger partial charge in [0.05, 0.1) is 17.3 Å². The number of rotatable bonds is 6. The number of likely N-dealkylation sites (N-methyl/N-ethyl adjacent to an activating group) is 1. The van der Waals surface area contributed by atoms with Crippen LogP contribution in [0, 0.1) is 5.92 Å². The van der Waals surface area contributed by atoms with Crippen LogP contribution in [0.2, 0.25) is 0 Å². The molecular formula is C20H26N2O5S. The first-order chi connectivity index (χ1) is 13.3. The van der Waals surface area contributed by atoms with Gasteiger partial charge < -0.3 is 15.2 Å². The van der Waals surface area contributed by atoms with Crippen molar-refractivity contribution < 1.29 is 23.1 Å². The lowest BCUT2D eigenvalue weighted by molar-refractivity contribution is 0.0696. The normalized spacial score (nSPS) is 23.0. The Hall–Kier alpha value is -2.32. The maximum atomic E-state index is 13.5. The van der Waals surface area contributed by atoms with Crippen LogP contribution in [-0.4, -0.2) is 42.9 Å². The number of carboxylic acid groups (broad SMARTS) is 1. The largest absolute Gasteiger partial charge is 0.478 e. The lowest BCUT2D eigenvalue weighted by Gasteiger charge is -2.37. The van der Waals surface area contributed by atoms with E-state index in [-0.39, 0.29) is 34.7 Å². The molecule has 2 N–H and O–H groups in total. The van der Waals surface area contributed by atoms with E-state index in [1.807, 2.05) is 26.0 Å². The molecule has 0 spiro atoms. The van der Waals surface area contributed by atoms with Gasteiger partial charge in [0.1, 0.15) is 10.7 Å². The lowest BCUT2D eigenvalue weighted by Crippen LogP contribution is -2.45. The molecule has 0 aromatic heterocycles. The van der Waals surface area contributed by atoms with Crippen LogP contribution in [0.5, 0.6) is 5.75 Å². The average molecular weight is 407 g/mol. The number of allylic oxidation sites excluding steroid dienone is 2. The van der Waals surface area contributed by atoms with Gasteiger partial charge in [0.2, 0.25) is 10.0 Å². The van der Waals surface area contributed by atoms with Crippen molar-refractivity contribution in [1.29, 1.82) is 0 Å². The van der Waals surface area contributed by atoms with Gasteiger partial charge in [-0.3, -0.25) is 0 Å². The molecular weight excluding hydrogens is 380 g/mol. The zero-order valence-electron chi connectivity index (χ0n) is 16.3. The molecule has 1 heterocycles. The number of sulfonamides is 1. The molecule has 7 nitrogen and oxygen atoms in total. The van der Waals surface area contributed by atoms with Crippen molar-refractivity contribution in [3.8, 4) is 5.75 Å². The molecule has 2 aliphatic rings. The number of hydrogen-bond acceptors (Lipinski definition) is 5. The van der Waals surface area contributed by atoms with E-state index in [1.54, 1.807) is 13.0 Å². The molecule has 1 aliphatic heterocycles. The van der Waals surface area contributed by atoms with E-state index in [0.29, 0.717) is 18.0 Å². The standard InChI is InChI=1S/C20H26N2O5S/c1-4-6-10-21-15-11-14(20(23)24)12-18-19(15)27-17-9-7-8-16(13(17)3)22(5-2)28(18,25)26/h7-9,11-13,16,21H,4-6,10H2,1-3H3,(H,23,24). The van der Waals surface area contributed by atoms with Gasteiger partial charge >= 0.3 is 5.97 Å². The average Bonchev–Trinajstić information content (AvgIpc) is 2.65. The molecule has 0 fully saturated rings. The number of carbonyl (C=O) groups is 1. The number of ether oxygens (including phenoxy) is 1. The summed E-state index contributed by atoms with van der Waals surface area (Å²) < 4.78 is 34.5. The third-order valence-electron chi connectivity index (χ3n) is 5.13. The molecule has 0 amide bonds. The summed E-state index contributed by atoms with van der Waals surface area (Å²) in [6.07, 6.45) is 7.29. The molecule has 152 valence electrons. The highest BCUT2D eigenvalue weighted by Crippen LogP contribution is 2.42. The number of aromatic carboxylic acids is 1. The minimum atomic E-state index is -3.96. The van der Waals surface area contributed by atoms with Crippen LogP contribution >= 0.6 is 0 Å². The highest BCUT2D eigenvalue weighted by Gasteiger charge is 2.40. The maximum Gasteiger partial charge on any atom is 0.335 e. The van der Waals surface area contributed by atoms with Crippen LogP contribution in [0.3, 0.4) is 0 Å². The number of unbranched alkanes of at least 4 members (excludes halogenated alkanes) is 1. The number of anilines is 1. The number of hydrogen-bond donors (Lipinski definition) is 2. The molecule has 1 aromatic rings. The monoisotopic (exact) mass is 406 g/mol. The Morgan fingerprint density at radius 2 is 2.07 bits per heavy atom. The van der Waals surface area contributed by atoms with Crippen LogP contribution < -0.4 is 10.1 Å². The molecule has 2 unspecified atom stereocenters. The van der Waals surface area contributed by atoms with E-state index < -0.39 is 16.0 Å². The Morgan fingerprint density at radius 3 is 2.71 bits per heavy atom. The Morgan fingerprint density at radius 1 is 1.32 bits per heavy atom. The third kappa shape index (κ3) is 3.54. The minimum Gasteiger partial charge on any atom is -0.478 e. The van der Waals surface area contributed by atoms with Crippen molar-refractivity contribution >= 4 is 21.7 Å². The van der Waals surface area contributed by atoms with Crippen LogP contribution in [0.1, 0.15) is 44.0 Å². The fourth-order valence-electron chi connectivity index (χ4n) is 3.56. The molecule has 1 aliphatic carbocycles. The van der Waals surface area contributed by atoms with Crippen molar-refractivity contribution in [2.45, 2.75) is 44.6 Å². The smallest absolute Gasteiger partial charge is 0.335 e. The number of carboxylic acids is 1. The second-order valence-corrected chi connectivity index (χ2v) is 8.84. The molecule has 0 radical (unpaired) electrons. The van der Waals surface area contributed by atoms with Crippen LogP contribution in [0.15, 0.2) is 41.0 Å². The molecule has 2 atom stereocenters. The summed E-state index contributed by atoms with van der Waals surface area (Å²) in [5.41, 5.74) is 0.286. The van der Waals surface area contributed by atoms with Crippen molar-refractivity contribution in [3.63, 3.8) is 0 Å². The quantitative estimate of drug-likeness (QED) is 0.703. The highest BCUT2D eigenvalue weighted by atomic mass is 32.2. The second-order valence-electron chi connectivity index (χ2n) is 6.98. The molecule has 8 heteroatoms. The Bertz CT molecular complexity index is 936. The van der Waals surface area contributed by atoms with E-state index in [1.165, 1.54) is 16.4 Å². The van der Waals surface area contributed by atoms with Crippen molar-refractivity contribution in [2.24, 2.45) is 5.92 Å². The summed E-state index contributed by atoms with van der Waals surface area (Å²) in [6, 6.07) is 2.25. The first-order valence-corrected chi connectivity index (χ1v) is 11.0. The van der Waals surface area contributed by atoms with Crippen molar-refractivity contribution in [2.75, 3.05) is 18.4 Å². The van der Waals surface area contributed by atoms with Gasteiger partial charge in [-0.1, -0.05) is 39.3 Å². The Labute approximate surface area is 165 Å². The van der Waals surface area contributed by atoms with E-state index in [2.05, 4.69) is 5.32 Å². The molecule has 0 saturated heterocycles. The van der Waals surface area contributed by atoms with Gasteiger partial charge in [0.15, 0.2) is 5.75 Å². The maximum absolute atomic E-state index is 13.5. The first kappa shape index (κ1) is 20.4. The van der Waals surface area contributed by atoms with Gasteiger partial charge in [-0.25, -0.2) is 13.2 Å². The summed E-state index contributed by atoms with van der Waals surface area (Å²) >= 11 is 0. The number of nitrogens with one attached hydrogen (secondary N) is 1. The van der Waals surface area contributed by atoms with Gasteiger partial charge in [0, 0.05) is 19.0 Å². The first-order valence-electron chi connectivity index (χ1n) is 9.54. The minimum absolute atomic E-state index is 0.0933.